The molecule has 6 nitrogen and oxygen atoms in total. The van der Waals surface area contributed by atoms with Crippen LogP contribution in [0.3, 0.4) is 0 Å². The van der Waals surface area contributed by atoms with Crippen LogP contribution in [0.1, 0.15) is 101 Å². The summed E-state index contributed by atoms with van der Waals surface area (Å²) in [6.45, 7) is 9.09. The van der Waals surface area contributed by atoms with Crippen LogP contribution in [0.2, 0.25) is 0 Å². The molecule has 8 heteroatoms. The third-order valence-electron chi connectivity index (χ3n) is 7.12. The number of thioether (sulfide) groups is 1. The van der Waals surface area contributed by atoms with E-state index in [1.54, 1.807) is 9.47 Å². The monoisotopic (exact) mass is 528 g/mol. The van der Waals surface area contributed by atoms with E-state index in [0.717, 1.165) is 63.0 Å². The number of piperidine rings is 1. The first-order valence-electron chi connectivity index (χ1n) is 13.6. The van der Waals surface area contributed by atoms with Gasteiger partial charge in [0, 0.05) is 31.7 Å². The highest BCUT2D eigenvalue weighted by Crippen LogP contribution is 2.36. The van der Waals surface area contributed by atoms with E-state index in [2.05, 4.69) is 24.8 Å². The molecule has 36 heavy (non-hydrogen) atoms. The summed E-state index contributed by atoms with van der Waals surface area (Å²) in [6, 6.07) is 2.14. The summed E-state index contributed by atoms with van der Waals surface area (Å²) >= 11 is 6.92. The molecule has 2 fully saturated rings. The van der Waals surface area contributed by atoms with Gasteiger partial charge >= 0.3 is 0 Å². The first-order chi connectivity index (χ1) is 17.4. The summed E-state index contributed by atoms with van der Waals surface area (Å²) in [7, 11) is 0. The molecule has 2 aliphatic rings. The third-order valence-corrected chi connectivity index (χ3v) is 8.50. The fourth-order valence-corrected chi connectivity index (χ4v) is 6.28. The maximum atomic E-state index is 13.4. The van der Waals surface area contributed by atoms with Crippen molar-refractivity contribution in [1.29, 1.82) is 5.26 Å². The quantitative estimate of drug-likeness (QED) is 0.178. The number of hydrogen-bond donors (Lipinski definition) is 0. The minimum atomic E-state index is -0.225. The highest BCUT2D eigenvalue weighted by molar-refractivity contribution is 8.26. The van der Waals surface area contributed by atoms with Crippen LogP contribution in [0.15, 0.2) is 9.70 Å². The summed E-state index contributed by atoms with van der Waals surface area (Å²) in [6.07, 6.45) is 14.0. The van der Waals surface area contributed by atoms with Crippen molar-refractivity contribution in [2.45, 2.75) is 97.9 Å². The topological polar surface area (TPSA) is 69.3 Å². The highest BCUT2D eigenvalue weighted by Gasteiger charge is 2.33. The molecule has 0 bridgehead atoms. The molecule has 0 unspecified atom stereocenters. The number of hydrogen-bond acceptors (Lipinski definition) is 6. The van der Waals surface area contributed by atoms with E-state index in [4.69, 9.17) is 12.2 Å². The average molecular weight is 529 g/mol. The van der Waals surface area contributed by atoms with Gasteiger partial charge in [0.1, 0.15) is 21.8 Å². The van der Waals surface area contributed by atoms with Crippen molar-refractivity contribution < 1.29 is 4.79 Å². The molecule has 196 valence electrons. The van der Waals surface area contributed by atoms with Crippen molar-refractivity contribution in [3.63, 3.8) is 0 Å². The number of carbonyl (C=O) groups is 1. The lowest BCUT2D eigenvalue weighted by Gasteiger charge is -2.33. The molecule has 0 saturated carbocycles. The second-order valence-corrected chi connectivity index (χ2v) is 11.5. The van der Waals surface area contributed by atoms with Crippen LogP contribution in [0.5, 0.6) is 0 Å². The minimum Gasteiger partial charge on any atom is -0.357 e. The van der Waals surface area contributed by atoms with Crippen LogP contribution in [0, 0.1) is 18.3 Å². The number of nitrogens with zero attached hydrogens (tertiary/aromatic N) is 4. The predicted molar refractivity (Wildman–Crippen MR) is 154 cm³/mol. The Labute approximate surface area is 225 Å². The number of nitriles is 1. The smallest absolute Gasteiger partial charge is 0.270 e. The molecule has 0 atom stereocenters. The number of rotatable bonds is 12. The molecule has 0 radical (unpaired) electrons. The molecular weight excluding hydrogens is 488 g/mol. The van der Waals surface area contributed by atoms with Gasteiger partial charge in [-0.1, -0.05) is 76.4 Å². The van der Waals surface area contributed by atoms with E-state index in [0.29, 0.717) is 27.9 Å². The van der Waals surface area contributed by atoms with Gasteiger partial charge in [-0.2, -0.15) is 5.26 Å². The van der Waals surface area contributed by atoms with Crippen LogP contribution in [-0.4, -0.2) is 39.3 Å². The van der Waals surface area contributed by atoms with Gasteiger partial charge in [-0.3, -0.25) is 19.1 Å². The zero-order valence-corrected chi connectivity index (χ0v) is 23.7. The number of carbonyl (C=O) groups excluding carboxylic acids is 1. The Bertz CT molecular complexity index is 1080. The summed E-state index contributed by atoms with van der Waals surface area (Å²) in [5.41, 5.74) is 1.40. The predicted octanol–water partition coefficient (Wildman–Crippen LogP) is 6.38. The van der Waals surface area contributed by atoms with Gasteiger partial charge < -0.3 is 4.90 Å². The van der Waals surface area contributed by atoms with Gasteiger partial charge in [0.25, 0.3) is 11.5 Å². The van der Waals surface area contributed by atoms with E-state index in [1.165, 1.54) is 43.9 Å². The number of amides is 1. The van der Waals surface area contributed by atoms with Crippen molar-refractivity contribution in [2.24, 2.45) is 0 Å². The lowest BCUT2D eigenvalue weighted by Crippen LogP contribution is -2.37. The van der Waals surface area contributed by atoms with Gasteiger partial charge in [0.15, 0.2) is 0 Å². The van der Waals surface area contributed by atoms with E-state index in [-0.39, 0.29) is 17.0 Å². The number of pyridine rings is 1. The normalized spacial score (nSPS) is 17.3. The fourth-order valence-electron chi connectivity index (χ4n) is 4.99. The second-order valence-electron chi connectivity index (χ2n) is 9.81. The largest absolute Gasteiger partial charge is 0.357 e. The first-order valence-corrected chi connectivity index (χ1v) is 14.8. The maximum Gasteiger partial charge on any atom is 0.270 e. The third kappa shape index (κ3) is 6.60. The Balaban J connectivity index is 1.97. The van der Waals surface area contributed by atoms with Crippen molar-refractivity contribution in [1.82, 2.24) is 9.47 Å². The summed E-state index contributed by atoms with van der Waals surface area (Å²) < 4.78 is 2.38. The van der Waals surface area contributed by atoms with Crippen LogP contribution in [0.4, 0.5) is 5.82 Å². The summed E-state index contributed by atoms with van der Waals surface area (Å²) in [5.74, 6) is 0.790. The van der Waals surface area contributed by atoms with Crippen LogP contribution < -0.4 is 10.5 Å². The molecule has 3 rings (SSSR count). The maximum absolute atomic E-state index is 13.4. The Morgan fingerprint density at radius 2 is 1.64 bits per heavy atom. The molecular formula is C28H40N4O2S2. The van der Waals surface area contributed by atoms with Crippen LogP contribution >= 0.6 is 24.0 Å². The van der Waals surface area contributed by atoms with Gasteiger partial charge in [0.2, 0.25) is 0 Å². The molecule has 1 amide bonds. The van der Waals surface area contributed by atoms with E-state index in [9.17, 15) is 14.9 Å². The van der Waals surface area contributed by atoms with E-state index < -0.39 is 0 Å². The number of unbranched alkanes of at least 4 members (excludes halogenated alkanes) is 6. The van der Waals surface area contributed by atoms with Crippen molar-refractivity contribution in [2.75, 3.05) is 24.5 Å². The zero-order chi connectivity index (χ0) is 26.1. The highest BCUT2D eigenvalue weighted by atomic mass is 32.2. The molecule has 2 saturated heterocycles. The SMILES string of the molecule is CCCCCCCCN1C(=O)C(=Cc2c(C)c(C#N)c(=O)n(CCCC)c2N2CCCCC2)SC1=S. The fraction of sp³-hybridized carbons (Fsp3) is 0.643. The van der Waals surface area contributed by atoms with Crippen LogP contribution in [0.25, 0.3) is 6.08 Å². The van der Waals surface area contributed by atoms with Gasteiger partial charge in [-0.25, -0.2) is 0 Å². The Morgan fingerprint density at radius 3 is 2.31 bits per heavy atom. The van der Waals surface area contributed by atoms with E-state index in [1.807, 2.05) is 13.0 Å². The molecule has 2 aliphatic heterocycles. The number of anilines is 1. The molecule has 0 spiro atoms. The number of aromatic nitrogens is 1. The van der Waals surface area contributed by atoms with E-state index >= 15 is 0 Å². The molecule has 0 aliphatic carbocycles. The van der Waals surface area contributed by atoms with Crippen molar-refractivity contribution >= 4 is 46.1 Å². The lowest BCUT2D eigenvalue weighted by molar-refractivity contribution is -0.122. The minimum absolute atomic E-state index is 0.0626. The van der Waals surface area contributed by atoms with Crippen molar-refractivity contribution in [3.05, 3.63) is 31.9 Å². The van der Waals surface area contributed by atoms with Crippen LogP contribution in [-0.2, 0) is 11.3 Å². The Morgan fingerprint density at radius 1 is 0.972 bits per heavy atom. The van der Waals surface area contributed by atoms with Gasteiger partial charge in [-0.05, 0) is 50.7 Å². The standard InChI is InChI=1S/C28H40N4O2S2/c1-4-6-8-9-10-14-18-32-27(34)24(36-28(32)35)19-22-21(3)23(20-29)26(33)31(17-7-5-2)25(22)30-15-12-11-13-16-30/h19H,4-18H2,1-3H3. The lowest BCUT2D eigenvalue weighted by atomic mass is 10.0. The second kappa shape index (κ2) is 14.0. The number of thiocarbonyl (C=S) groups is 1. The average Bonchev–Trinajstić information content (AvgIpc) is 3.15. The summed E-state index contributed by atoms with van der Waals surface area (Å²) in [5, 5.41) is 9.85. The molecule has 0 aromatic carbocycles. The zero-order valence-electron chi connectivity index (χ0n) is 22.1. The first kappa shape index (κ1) is 28.5. The summed E-state index contributed by atoms with van der Waals surface area (Å²) in [4.78, 5) is 31.3. The molecule has 1 aromatic heterocycles. The molecule has 1 aromatic rings. The van der Waals surface area contributed by atoms with Gasteiger partial charge in [-0.15, -0.1) is 0 Å². The Hall–Kier alpha value is -2.11. The molecule has 3 heterocycles. The van der Waals surface area contributed by atoms with Crippen molar-refractivity contribution in [3.8, 4) is 6.07 Å². The Kier molecular flexibility index (Phi) is 11.1. The van der Waals surface area contributed by atoms with Gasteiger partial charge in [0.05, 0.1) is 4.91 Å². The molecule has 0 N–H and O–H groups in total.